The van der Waals surface area contributed by atoms with Crippen molar-refractivity contribution in [3.05, 3.63) is 71.2 Å². The molecule has 0 saturated carbocycles. The molecule has 8 heteroatoms. The van der Waals surface area contributed by atoms with Crippen LogP contribution in [0, 0.1) is 6.92 Å². The maximum absolute atomic E-state index is 13.8. The Labute approximate surface area is 209 Å². The molecule has 0 atom stereocenters. The summed E-state index contributed by atoms with van der Waals surface area (Å²) in [7, 11) is 0. The number of amides is 2. The number of aromatic nitrogens is 2. The predicted octanol–water partition coefficient (Wildman–Crippen LogP) is 5.36. The molecule has 4 aromatic rings. The Balaban J connectivity index is 1.71. The number of anilines is 1. The molecule has 0 aliphatic rings. The van der Waals surface area contributed by atoms with Gasteiger partial charge < -0.3 is 10.1 Å². The van der Waals surface area contributed by atoms with Crippen molar-refractivity contribution in [2.24, 2.45) is 0 Å². The van der Waals surface area contributed by atoms with Crippen LogP contribution in [0.15, 0.2) is 60.7 Å². The molecule has 2 heterocycles. The Morgan fingerprint density at radius 1 is 1.09 bits per heavy atom. The zero-order valence-electron chi connectivity index (χ0n) is 20.7. The first-order valence-electron chi connectivity index (χ1n) is 11.6. The summed E-state index contributed by atoms with van der Waals surface area (Å²) in [5, 5.41) is 8.54. The van der Waals surface area contributed by atoms with E-state index in [0.717, 1.165) is 21.6 Å². The molecule has 0 radical (unpaired) electrons. The molecule has 0 aliphatic heterocycles. The third-order valence-corrected chi connectivity index (χ3v) is 6.38. The number of hydrogen-bond donors (Lipinski definition) is 1. The van der Waals surface area contributed by atoms with Crippen LogP contribution in [0.1, 0.15) is 43.1 Å². The Morgan fingerprint density at radius 2 is 1.77 bits per heavy atom. The molecule has 2 amide bonds. The third kappa shape index (κ3) is 5.54. The van der Waals surface area contributed by atoms with Crippen LogP contribution in [-0.4, -0.2) is 40.3 Å². The first-order chi connectivity index (χ1) is 16.7. The highest BCUT2D eigenvalue weighted by Crippen LogP contribution is 2.32. The highest BCUT2D eigenvalue weighted by Gasteiger charge is 2.26. The van der Waals surface area contributed by atoms with E-state index in [9.17, 15) is 9.59 Å². The summed E-state index contributed by atoms with van der Waals surface area (Å²) in [5.41, 5.74) is 2.00. The zero-order chi connectivity index (χ0) is 25.2. The number of carbonyl (C=O) groups is 2. The fourth-order valence-corrected chi connectivity index (χ4v) is 4.93. The van der Waals surface area contributed by atoms with Gasteiger partial charge in [-0.15, -0.1) is 11.3 Å². The van der Waals surface area contributed by atoms with Crippen LogP contribution in [0.3, 0.4) is 0 Å². The molecule has 0 saturated heterocycles. The Bertz CT molecular complexity index is 1330. The van der Waals surface area contributed by atoms with Crippen LogP contribution in [0.25, 0.3) is 15.9 Å². The lowest BCUT2D eigenvalue weighted by molar-refractivity contribution is -0.121. The standard InChI is InChI=1S/C27H30N4O3S/c1-6-34-21-14-12-19(13-15-21)30(17-24(32)28-27(3,4)5)25(33)23-16-22-18(2)29-31(26(22)35-23)20-10-8-7-9-11-20/h7-16H,6,17H2,1-5H3,(H,28,32). The van der Waals surface area contributed by atoms with E-state index in [1.165, 1.54) is 16.2 Å². The van der Waals surface area contributed by atoms with Crippen molar-refractivity contribution in [3.63, 3.8) is 0 Å². The maximum Gasteiger partial charge on any atom is 0.268 e. The lowest BCUT2D eigenvalue weighted by atomic mass is 10.1. The molecule has 0 aliphatic carbocycles. The van der Waals surface area contributed by atoms with Gasteiger partial charge in [0, 0.05) is 16.6 Å². The SMILES string of the molecule is CCOc1ccc(N(CC(=O)NC(C)(C)C)C(=O)c2cc3c(C)nn(-c4ccccc4)c3s2)cc1. The topological polar surface area (TPSA) is 76.5 Å². The number of nitrogens with one attached hydrogen (secondary N) is 1. The highest BCUT2D eigenvalue weighted by atomic mass is 32.1. The molecule has 182 valence electrons. The largest absolute Gasteiger partial charge is 0.494 e. The molecule has 7 nitrogen and oxygen atoms in total. The average molecular weight is 491 g/mol. The molecule has 2 aromatic heterocycles. The van der Waals surface area contributed by atoms with Crippen molar-refractivity contribution in [3.8, 4) is 11.4 Å². The van der Waals surface area contributed by atoms with Gasteiger partial charge in [0.15, 0.2) is 0 Å². The quantitative estimate of drug-likeness (QED) is 0.379. The summed E-state index contributed by atoms with van der Waals surface area (Å²) >= 11 is 1.38. The summed E-state index contributed by atoms with van der Waals surface area (Å²) in [6, 6.07) is 18.9. The van der Waals surface area contributed by atoms with Gasteiger partial charge in [0.25, 0.3) is 5.91 Å². The van der Waals surface area contributed by atoms with E-state index in [-0.39, 0.29) is 18.4 Å². The second kappa shape index (κ2) is 9.92. The van der Waals surface area contributed by atoms with Gasteiger partial charge in [0.2, 0.25) is 5.91 Å². The van der Waals surface area contributed by atoms with Gasteiger partial charge in [-0.25, -0.2) is 4.68 Å². The number of aryl methyl sites for hydroxylation is 1. The predicted molar refractivity (Wildman–Crippen MR) is 141 cm³/mol. The minimum Gasteiger partial charge on any atom is -0.494 e. The number of thiophene rings is 1. The number of nitrogens with zero attached hydrogens (tertiary/aromatic N) is 3. The highest BCUT2D eigenvalue weighted by molar-refractivity contribution is 7.20. The van der Waals surface area contributed by atoms with Gasteiger partial charge in [0.05, 0.1) is 22.9 Å². The number of fused-ring (bicyclic) bond motifs is 1. The van der Waals surface area contributed by atoms with Gasteiger partial charge in [-0.1, -0.05) is 18.2 Å². The van der Waals surface area contributed by atoms with Gasteiger partial charge in [-0.2, -0.15) is 5.10 Å². The normalized spacial score (nSPS) is 11.5. The number of ether oxygens (including phenoxy) is 1. The maximum atomic E-state index is 13.8. The summed E-state index contributed by atoms with van der Waals surface area (Å²) in [6.07, 6.45) is 0. The number of benzene rings is 2. The van der Waals surface area contributed by atoms with E-state index < -0.39 is 5.54 Å². The second-order valence-corrected chi connectivity index (χ2v) is 10.3. The lowest BCUT2D eigenvalue weighted by Gasteiger charge is -2.26. The fraction of sp³-hybridized carbons (Fsp3) is 0.296. The van der Waals surface area contributed by atoms with E-state index in [4.69, 9.17) is 4.74 Å². The first-order valence-corrected chi connectivity index (χ1v) is 12.4. The van der Waals surface area contributed by atoms with Gasteiger partial charge in [0.1, 0.15) is 17.1 Å². The summed E-state index contributed by atoms with van der Waals surface area (Å²) in [5.74, 6) is 0.245. The monoisotopic (exact) mass is 490 g/mol. The van der Waals surface area contributed by atoms with Crippen LogP contribution < -0.4 is 15.0 Å². The van der Waals surface area contributed by atoms with Crippen molar-refractivity contribution in [1.82, 2.24) is 15.1 Å². The molecule has 0 unspecified atom stereocenters. The smallest absolute Gasteiger partial charge is 0.268 e. The molecule has 4 rings (SSSR count). The zero-order valence-corrected chi connectivity index (χ0v) is 21.5. The van der Waals surface area contributed by atoms with Crippen molar-refractivity contribution in [2.45, 2.75) is 40.2 Å². The van der Waals surface area contributed by atoms with Crippen molar-refractivity contribution in [2.75, 3.05) is 18.1 Å². The molecule has 0 bridgehead atoms. The molecule has 0 fully saturated rings. The van der Waals surface area contributed by atoms with Crippen LogP contribution in [0.5, 0.6) is 5.75 Å². The van der Waals surface area contributed by atoms with Gasteiger partial charge in [-0.3, -0.25) is 14.5 Å². The van der Waals surface area contributed by atoms with E-state index in [0.29, 0.717) is 22.9 Å². The molecule has 35 heavy (non-hydrogen) atoms. The Morgan fingerprint density at radius 3 is 2.40 bits per heavy atom. The summed E-state index contributed by atoms with van der Waals surface area (Å²) in [6.45, 7) is 10.1. The lowest BCUT2D eigenvalue weighted by Crippen LogP contribution is -2.47. The van der Waals surface area contributed by atoms with Crippen molar-refractivity contribution in [1.29, 1.82) is 0 Å². The number of hydrogen-bond acceptors (Lipinski definition) is 5. The van der Waals surface area contributed by atoms with Crippen LogP contribution in [-0.2, 0) is 4.79 Å². The third-order valence-electron chi connectivity index (χ3n) is 5.28. The average Bonchev–Trinajstić information content (AvgIpc) is 3.38. The molecule has 0 spiro atoms. The number of carbonyl (C=O) groups excluding carboxylic acids is 2. The minimum absolute atomic E-state index is 0.0951. The van der Waals surface area contributed by atoms with E-state index >= 15 is 0 Å². The summed E-state index contributed by atoms with van der Waals surface area (Å²) < 4.78 is 7.40. The van der Waals surface area contributed by atoms with Crippen molar-refractivity contribution >= 4 is 39.1 Å². The minimum atomic E-state index is -0.404. The number of para-hydroxylation sites is 1. The van der Waals surface area contributed by atoms with Gasteiger partial charge >= 0.3 is 0 Å². The Hall–Kier alpha value is -3.65. The molecule has 2 aromatic carbocycles. The second-order valence-electron chi connectivity index (χ2n) is 9.28. The van der Waals surface area contributed by atoms with E-state index in [1.807, 2.05) is 87.8 Å². The van der Waals surface area contributed by atoms with Crippen LogP contribution in [0.2, 0.25) is 0 Å². The molecular formula is C27H30N4O3S. The van der Waals surface area contributed by atoms with Crippen LogP contribution >= 0.6 is 11.3 Å². The van der Waals surface area contributed by atoms with Crippen molar-refractivity contribution < 1.29 is 14.3 Å². The molecular weight excluding hydrogens is 460 g/mol. The van der Waals surface area contributed by atoms with Gasteiger partial charge in [-0.05, 0) is 77.1 Å². The molecule has 1 N–H and O–H groups in total. The van der Waals surface area contributed by atoms with E-state index in [1.54, 1.807) is 12.1 Å². The fourth-order valence-electron chi connectivity index (χ4n) is 3.80. The van der Waals surface area contributed by atoms with E-state index in [2.05, 4.69) is 10.4 Å². The summed E-state index contributed by atoms with van der Waals surface area (Å²) in [4.78, 5) is 29.5. The first kappa shape index (κ1) is 24.5. The number of rotatable bonds is 7. The Kier molecular flexibility index (Phi) is 6.93. The van der Waals surface area contributed by atoms with Crippen LogP contribution in [0.4, 0.5) is 5.69 Å².